The first-order valence-corrected chi connectivity index (χ1v) is 6.86. The first-order chi connectivity index (χ1) is 9.70. The van der Waals surface area contributed by atoms with E-state index in [-0.39, 0.29) is 11.0 Å². The highest BCUT2D eigenvalue weighted by Crippen LogP contribution is 2.19. The largest absolute Gasteiger partial charge is 0.443 e. The Balaban J connectivity index is 0.00000106. The van der Waals surface area contributed by atoms with Gasteiger partial charge in [0.15, 0.2) is 0 Å². The second-order valence-electron chi connectivity index (χ2n) is 5.36. The molecule has 2 aromatic rings. The average molecular weight is 290 g/mol. The number of aryl methyl sites for hydroxylation is 1. The van der Waals surface area contributed by atoms with Crippen LogP contribution in [0.25, 0.3) is 10.9 Å². The molecule has 2 radical (unpaired) electrons. The van der Waals surface area contributed by atoms with Gasteiger partial charge < -0.3 is 4.74 Å². The molecule has 0 saturated carbocycles. The van der Waals surface area contributed by atoms with Crippen molar-refractivity contribution in [2.75, 3.05) is 0 Å². The molecule has 0 spiro atoms. The van der Waals surface area contributed by atoms with E-state index >= 15 is 0 Å². The van der Waals surface area contributed by atoms with Gasteiger partial charge in [0.25, 0.3) is 0 Å². The Labute approximate surface area is 125 Å². The molecule has 0 unspecified atom stereocenters. The van der Waals surface area contributed by atoms with E-state index in [9.17, 15) is 9.18 Å². The van der Waals surface area contributed by atoms with Crippen molar-refractivity contribution < 1.29 is 13.9 Å². The fraction of sp³-hybridized carbons (Fsp3) is 0.467. The van der Waals surface area contributed by atoms with Crippen molar-refractivity contribution in [3.05, 3.63) is 23.8 Å². The number of hydrogen-bond acceptors (Lipinski definition) is 3. The lowest BCUT2D eigenvalue weighted by atomic mass is 10.0. The molecule has 0 fully saturated rings. The molecule has 0 N–H and O–H groups in total. The van der Waals surface area contributed by atoms with Gasteiger partial charge in [-0.05, 0) is 33.8 Å². The van der Waals surface area contributed by atoms with E-state index in [1.807, 2.05) is 13.8 Å². The van der Waals surface area contributed by atoms with Crippen LogP contribution >= 0.6 is 0 Å². The number of aromatic nitrogens is 2. The molecule has 0 aliphatic heterocycles. The topological polar surface area (TPSA) is 44.1 Å². The van der Waals surface area contributed by atoms with Crippen LogP contribution in [-0.4, -0.2) is 29.1 Å². The van der Waals surface area contributed by atoms with Gasteiger partial charge in [0.05, 0.1) is 10.9 Å². The predicted octanol–water partition coefficient (Wildman–Crippen LogP) is 3.09. The maximum absolute atomic E-state index is 14.0. The van der Waals surface area contributed by atoms with Gasteiger partial charge in [-0.2, -0.15) is 0 Å². The maximum Gasteiger partial charge on any atom is 0.418 e. The van der Waals surface area contributed by atoms with E-state index in [2.05, 4.69) is 4.98 Å². The number of nitrogens with zero attached hydrogens (tertiary/aromatic N) is 2. The second kappa shape index (κ2) is 6.29. The Morgan fingerprint density at radius 1 is 1.38 bits per heavy atom. The van der Waals surface area contributed by atoms with E-state index in [1.165, 1.54) is 6.20 Å². The zero-order valence-electron chi connectivity index (χ0n) is 13.3. The number of rotatable bonds is 0. The Bertz CT molecular complexity index is 660. The van der Waals surface area contributed by atoms with Gasteiger partial charge in [0.2, 0.25) is 0 Å². The predicted molar refractivity (Wildman–Crippen MR) is 82.8 cm³/mol. The van der Waals surface area contributed by atoms with Gasteiger partial charge in [0, 0.05) is 17.5 Å². The molecule has 21 heavy (non-hydrogen) atoms. The molecule has 112 valence electrons. The van der Waals surface area contributed by atoms with Crippen molar-refractivity contribution in [2.24, 2.45) is 0 Å². The molecule has 4 nitrogen and oxygen atoms in total. The number of ether oxygens (including phenoxy) is 1. The highest BCUT2D eigenvalue weighted by molar-refractivity contribution is 6.34. The van der Waals surface area contributed by atoms with Crippen LogP contribution in [0.15, 0.2) is 12.3 Å². The summed E-state index contributed by atoms with van der Waals surface area (Å²) < 4.78 is 20.2. The number of carbonyl (C=O) groups excluding carboxylic acids is 1. The third kappa shape index (κ3) is 3.62. The summed E-state index contributed by atoms with van der Waals surface area (Å²) in [5.41, 5.74) is 0.0711. The van der Waals surface area contributed by atoms with Crippen LogP contribution in [0.4, 0.5) is 9.18 Å². The lowest BCUT2D eigenvalue weighted by molar-refractivity contribution is 0.0548. The molecule has 2 aromatic heterocycles. The Hall–Kier alpha value is -1.85. The maximum atomic E-state index is 14.0. The molecule has 0 saturated heterocycles. The van der Waals surface area contributed by atoms with Crippen molar-refractivity contribution in [3.8, 4) is 0 Å². The molecule has 6 heteroatoms. The highest BCUT2D eigenvalue weighted by Gasteiger charge is 2.23. The van der Waals surface area contributed by atoms with E-state index in [1.54, 1.807) is 33.8 Å². The fourth-order valence-electron chi connectivity index (χ4n) is 1.77. The van der Waals surface area contributed by atoms with Crippen molar-refractivity contribution in [1.29, 1.82) is 0 Å². The van der Waals surface area contributed by atoms with Crippen molar-refractivity contribution in [1.82, 2.24) is 9.55 Å². The smallest absolute Gasteiger partial charge is 0.418 e. The minimum Gasteiger partial charge on any atom is -0.443 e. The SMILES string of the molecule is CC.[B]c1c(F)c2cnc(C)cc2n1C(=O)OC(C)(C)C. The fourth-order valence-corrected chi connectivity index (χ4v) is 1.77. The van der Waals surface area contributed by atoms with Gasteiger partial charge >= 0.3 is 6.09 Å². The average Bonchev–Trinajstić information content (AvgIpc) is 2.62. The summed E-state index contributed by atoms with van der Waals surface area (Å²) in [5.74, 6) is -0.659. The molecule has 2 heterocycles. The van der Waals surface area contributed by atoms with Crippen molar-refractivity contribution >= 4 is 30.4 Å². The van der Waals surface area contributed by atoms with Gasteiger partial charge in [0.1, 0.15) is 19.3 Å². The lowest BCUT2D eigenvalue weighted by Gasteiger charge is -2.20. The molecule has 0 bridgehead atoms. The third-order valence-electron chi connectivity index (χ3n) is 2.54. The van der Waals surface area contributed by atoms with Crippen LogP contribution < -0.4 is 5.59 Å². The van der Waals surface area contributed by atoms with E-state index in [0.29, 0.717) is 11.2 Å². The molecule has 0 aromatic carbocycles. The first kappa shape index (κ1) is 17.2. The van der Waals surface area contributed by atoms with Crippen LogP contribution in [0.2, 0.25) is 0 Å². The van der Waals surface area contributed by atoms with Gasteiger partial charge in [-0.25, -0.2) is 9.18 Å². The van der Waals surface area contributed by atoms with Gasteiger partial charge in [-0.1, -0.05) is 13.8 Å². The summed E-state index contributed by atoms with van der Waals surface area (Å²) in [4.78, 5) is 16.1. The third-order valence-corrected chi connectivity index (χ3v) is 2.54. The summed E-state index contributed by atoms with van der Waals surface area (Å²) in [6.45, 7) is 10.9. The molecular weight excluding hydrogens is 270 g/mol. The number of hydrogen-bond donors (Lipinski definition) is 0. The molecule has 2 rings (SSSR count). The Morgan fingerprint density at radius 2 is 1.95 bits per heavy atom. The summed E-state index contributed by atoms with van der Waals surface area (Å²) >= 11 is 0. The summed E-state index contributed by atoms with van der Waals surface area (Å²) in [7, 11) is 5.64. The van der Waals surface area contributed by atoms with Gasteiger partial charge in [-0.15, -0.1) is 0 Å². The first-order valence-electron chi connectivity index (χ1n) is 6.86. The van der Waals surface area contributed by atoms with Crippen LogP contribution in [0.3, 0.4) is 0 Å². The van der Waals surface area contributed by atoms with Crippen LogP contribution in [0.5, 0.6) is 0 Å². The number of carbonyl (C=O) groups is 1. The zero-order chi connectivity index (χ0) is 16.4. The monoisotopic (exact) mass is 290 g/mol. The van der Waals surface area contributed by atoms with Crippen molar-refractivity contribution in [3.63, 3.8) is 0 Å². The standard InChI is InChI=1S/C13H14BFN2O2.C2H6/c1-7-5-9-8(6-16-7)10(15)11(14)17(9)12(18)19-13(2,3)4;1-2/h5-6H,1-4H3;1-2H3. The minimum atomic E-state index is -0.704. The molecule has 0 aliphatic carbocycles. The summed E-state index contributed by atoms with van der Waals surface area (Å²) in [6.07, 6.45) is 0.654. The molecular formula is C15H20BFN2O2. The Kier molecular flexibility index (Phi) is 5.15. The number of pyridine rings is 1. The quantitative estimate of drug-likeness (QED) is 0.700. The van der Waals surface area contributed by atoms with E-state index < -0.39 is 17.5 Å². The van der Waals surface area contributed by atoms with Crippen LogP contribution in [0.1, 0.15) is 40.3 Å². The summed E-state index contributed by atoms with van der Waals surface area (Å²) in [6, 6.07) is 1.60. The number of halogens is 1. The molecule has 0 atom stereocenters. The molecule has 0 amide bonds. The normalized spacial score (nSPS) is 11.0. The van der Waals surface area contributed by atoms with E-state index in [0.717, 1.165) is 4.57 Å². The minimum absolute atomic E-state index is 0.203. The Morgan fingerprint density at radius 3 is 2.48 bits per heavy atom. The van der Waals surface area contributed by atoms with E-state index in [4.69, 9.17) is 12.6 Å². The number of fused-ring (bicyclic) bond motifs is 1. The lowest BCUT2D eigenvalue weighted by Crippen LogP contribution is -2.33. The zero-order valence-corrected chi connectivity index (χ0v) is 13.3. The van der Waals surface area contributed by atoms with Gasteiger partial charge in [-0.3, -0.25) is 9.55 Å². The van der Waals surface area contributed by atoms with Crippen LogP contribution in [-0.2, 0) is 4.74 Å². The second-order valence-corrected chi connectivity index (χ2v) is 5.36. The molecule has 0 aliphatic rings. The highest BCUT2D eigenvalue weighted by atomic mass is 19.1. The van der Waals surface area contributed by atoms with Crippen molar-refractivity contribution in [2.45, 2.75) is 47.1 Å². The van der Waals surface area contributed by atoms with Crippen LogP contribution in [0, 0.1) is 12.7 Å². The summed E-state index contributed by atoms with van der Waals surface area (Å²) in [5, 5.41) is 0.203.